The number of carbonyl (C=O) groups is 1. The van der Waals surface area contributed by atoms with Crippen LogP contribution in [0.1, 0.15) is 28.9 Å². The van der Waals surface area contributed by atoms with E-state index < -0.39 is 60.6 Å². The number of hydrogen-bond donors (Lipinski definition) is 4. The summed E-state index contributed by atoms with van der Waals surface area (Å²) in [6.45, 7) is 1.67. The average molecular weight is 483 g/mol. The SMILES string of the molecule is C[C@@H](N)c1ccccc1-c1cc(NS(=O)(=O)c2cc(C(=O)O)cc(Cl)c2O)c(F)cc1F. The van der Waals surface area contributed by atoms with E-state index in [0.29, 0.717) is 23.3 Å². The van der Waals surface area contributed by atoms with Crippen molar-refractivity contribution in [2.75, 3.05) is 4.72 Å². The number of nitrogens with two attached hydrogens (primary N) is 1. The van der Waals surface area contributed by atoms with E-state index >= 15 is 0 Å². The fourth-order valence-corrected chi connectivity index (χ4v) is 4.55. The van der Waals surface area contributed by atoms with Crippen molar-refractivity contribution in [3.8, 4) is 16.9 Å². The van der Waals surface area contributed by atoms with Gasteiger partial charge in [0, 0.05) is 17.7 Å². The summed E-state index contributed by atoms with van der Waals surface area (Å²) >= 11 is 5.74. The number of anilines is 1. The van der Waals surface area contributed by atoms with E-state index in [4.69, 9.17) is 22.4 Å². The number of rotatable bonds is 6. The van der Waals surface area contributed by atoms with Crippen LogP contribution in [-0.4, -0.2) is 24.6 Å². The van der Waals surface area contributed by atoms with Crippen LogP contribution in [0.5, 0.6) is 5.75 Å². The lowest BCUT2D eigenvalue weighted by molar-refractivity contribution is 0.0696. The Bertz CT molecular complexity index is 1330. The summed E-state index contributed by atoms with van der Waals surface area (Å²) in [4.78, 5) is 10.3. The molecule has 0 aliphatic heterocycles. The molecule has 7 nitrogen and oxygen atoms in total. The molecule has 3 aromatic carbocycles. The van der Waals surface area contributed by atoms with Gasteiger partial charge in [-0.25, -0.2) is 22.0 Å². The van der Waals surface area contributed by atoms with Crippen molar-refractivity contribution in [1.29, 1.82) is 0 Å². The van der Waals surface area contributed by atoms with E-state index in [9.17, 15) is 27.1 Å². The minimum atomic E-state index is -4.72. The highest BCUT2D eigenvalue weighted by molar-refractivity contribution is 7.92. The molecule has 3 rings (SSSR count). The first-order chi connectivity index (χ1) is 14.9. The largest absolute Gasteiger partial charge is 0.505 e. The molecule has 3 aromatic rings. The number of phenols is 1. The van der Waals surface area contributed by atoms with E-state index in [1.54, 1.807) is 31.2 Å². The van der Waals surface area contributed by atoms with Crippen LogP contribution < -0.4 is 10.5 Å². The van der Waals surface area contributed by atoms with Gasteiger partial charge in [-0.05, 0) is 36.2 Å². The van der Waals surface area contributed by atoms with Crippen molar-refractivity contribution in [2.45, 2.75) is 17.9 Å². The van der Waals surface area contributed by atoms with Gasteiger partial charge in [-0.2, -0.15) is 0 Å². The molecule has 32 heavy (non-hydrogen) atoms. The molecule has 0 heterocycles. The average Bonchev–Trinajstić information content (AvgIpc) is 2.71. The van der Waals surface area contributed by atoms with Crippen LogP contribution in [0.3, 0.4) is 0 Å². The first-order valence-electron chi connectivity index (χ1n) is 9.05. The zero-order valence-electron chi connectivity index (χ0n) is 16.4. The van der Waals surface area contributed by atoms with E-state index in [1.807, 2.05) is 4.72 Å². The number of benzene rings is 3. The molecule has 0 unspecified atom stereocenters. The molecule has 0 saturated heterocycles. The van der Waals surface area contributed by atoms with Crippen molar-refractivity contribution in [1.82, 2.24) is 0 Å². The maximum atomic E-state index is 14.6. The van der Waals surface area contributed by atoms with Crippen molar-refractivity contribution < 1.29 is 32.2 Å². The fourth-order valence-electron chi connectivity index (χ4n) is 3.07. The second kappa shape index (κ2) is 8.73. The van der Waals surface area contributed by atoms with E-state index in [2.05, 4.69) is 0 Å². The van der Waals surface area contributed by atoms with Gasteiger partial charge >= 0.3 is 5.97 Å². The van der Waals surface area contributed by atoms with Crippen LogP contribution in [0.15, 0.2) is 53.4 Å². The van der Waals surface area contributed by atoms with Gasteiger partial charge in [0.25, 0.3) is 10.0 Å². The standard InChI is InChI=1S/C21H17ClF2N2O5S/c1-10(25)12-4-2-3-5-13(12)14-8-18(17(24)9-16(14)23)26-32(30,31)19-7-11(21(28)29)6-15(22)20(19)27/h2-10,26-27H,25H2,1H3,(H,28,29)/t10-/m1/s1. The van der Waals surface area contributed by atoms with Crippen molar-refractivity contribution in [3.05, 3.63) is 76.3 Å². The Hall–Kier alpha value is -3.21. The normalized spacial score (nSPS) is 12.4. The molecular formula is C21H17ClF2N2O5S. The third-order valence-electron chi connectivity index (χ3n) is 4.61. The maximum absolute atomic E-state index is 14.6. The first kappa shape index (κ1) is 23.5. The molecule has 0 aromatic heterocycles. The predicted molar refractivity (Wildman–Crippen MR) is 115 cm³/mol. The Morgan fingerprint density at radius 1 is 1.09 bits per heavy atom. The minimum absolute atomic E-state index is 0.112. The third kappa shape index (κ3) is 4.52. The Morgan fingerprint density at radius 2 is 1.75 bits per heavy atom. The summed E-state index contributed by atoms with van der Waals surface area (Å²) in [5.74, 6) is -4.59. The summed E-state index contributed by atoms with van der Waals surface area (Å²) in [6, 6.07) is 9.00. The number of halogens is 3. The van der Waals surface area contributed by atoms with Crippen molar-refractivity contribution in [2.24, 2.45) is 5.73 Å². The van der Waals surface area contributed by atoms with Crippen molar-refractivity contribution in [3.63, 3.8) is 0 Å². The molecule has 0 radical (unpaired) electrons. The van der Waals surface area contributed by atoms with Gasteiger partial charge in [-0.3, -0.25) is 4.72 Å². The molecule has 5 N–H and O–H groups in total. The van der Waals surface area contributed by atoms with Gasteiger partial charge in [0.15, 0.2) is 5.75 Å². The number of aromatic hydroxyl groups is 1. The molecule has 0 fully saturated rings. The Labute approximate surface area is 187 Å². The van der Waals surface area contributed by atoms with Crippen LogP contribution in [0.2, 0.25) is 5.02 Å². The quantitative estimate of drug-likeness (QED) is 0.409. The number of sulfonamides is 1. The zero-order chi connectivity index (χ0) is 23.8. The predicted octanol–water partition coefficient (Wildman–Crippen LogP) is 4.51. The topological polar surface area (TPSA) is 130 Å². The van der Waals surface area contributed by atoms with E-state index in [1.165, 1.54) is 0 Å². The van der Waals surface area contributed by atoms with Gasteiger partial charge in [0.1, 0.15) is 16.5 Å². The van der Waals surface area contributed by atoms with Crippen molar-refractivity contribution >= 4 is 33.3 Å². The fraction of sp³-hybridized carbons (Fsp3) is 0.0952. The lowest BCUT2D eigenvalue weighted by atomic mass is 9.95. The molecule has 0 bridgehead atoms. The Morgan fingerprint density at radius 3 is 2.38 bits per heavy atom. The summed E-state index contributed by atoms with van der Waals surface area (Å²) in [5.41, 5.74) is 5.55. The number of aromatic carboxylic acids is 1. The van der Waals surface area contributed by atoms with Gasteiger partial charge < -0.3 is 15.9 Å². The number of carboxylic acid groups (broad SMARTS) is 1. The summed E-state index contributed by atoms with van der Waals surface area (Å²) in [6.07, 6.45) is 0. The number of hydrogen-bond acceptors (Lipinski definition) is 5. The molecule has 0 spiro atoms. The lowest BCUT2D eigenvalue weighted by Crippen LogP contribution is -2.16. The molecule has 0 aliphatic rings. The summed E-state index contributed by atoms with van der Waals surface area (Å²) < 4.78 is 56.6. The highest BCUT2D eigenvalue weighted by Crippen LogP contribution is 2.36. The van der Waals surface area contributed by atoms with Gasteiger partial charge in [-0.15, -0.1) is 0 Å². The molecule has 1 atom stereocenters. The molecule has 0 saturated carbocycles. The monoisotopic (exact) mass is 482 g/mol. The van der Waals surface area contributed by atoms with Crippen LogP contribution in [0.25, 0.3) is 11.1 Å². The summed E-state index contributed by atoms with van der Waals surface area (Å²) in [5, 5.41) is 18.6. The maximum Gasteiger partial charge on any atom is 0.335 e. The third-order valence-corrected chi connectivity index (χ3v) is 6.27. The second-order valence-corrected chi connectivity index (χ2v) is 8.96. The van der Waals surface area contributed by atoms with Gasteiger partial charge in [0.05, 0.1) is 16.3 Å². The highest BCUT2D eigenvalue weighted by Gasteiger charge is 2.26. The highest BCUT2D eigenvalue weighted by atomic mass is 35.5. The van der Waals surface area contributed by atoms with E-state index in [0.717, 1.165) is 12.1 Å². The summed E-state index contributed by atoms with van der Waals surface area (Å²) in [7, 11) is -4.72. The molecule has 11 heteroatoms. The van der Waals surface area contributed by atoms with Gasteiger partial charge in [0.2, 0.25) is 0 Å². The van der Waals surface area contributed by atoms with E-state index in [-0.39, 0.29) is 5.56 Å². The first-order valence-corrected chi connectivity index (χ1v) is 10.9. The molecule has 0 amide bonds. The van der Waals surface area contributed by atoms with Crippen LogP contribution in [0.4, 0.5) is 14.5 Å². The molecule has 168 valence electrons. The minimum Gasteiger partial charge on any atom is -0.505 e. The Balaban J connectivity index is 2.13. The lowest BCUT2D eigenvalue weighted by Gasteiger charge is -2.16. The van der Waals surface area contributed by atoms with Crippen LogP contribution >= 0.6 is 11.6 Å². The van der Waals surface area contributed by atoms with Crippen LogP contribution in [-0.2, 0) is 10.0 Å². The molecule has 0 aliphatic carbocycles. The zero-order valence-corrected chi connectivity index (χ0v) is 18.0. The smallest absolute Gasteiger partial charge is 0.335 e. The molecular weight excluding hydrogens is 466 g/mol. The van der Waals surface area contributed by atoms with Crippen LogP contribution in [0, 0.1) is 11.6 Å². The van der Waals surface area contributed by atoms with Gasteiger partial charge in [-0.1, -0.05) is 35.9 Å². The number of nitrogens with one attached hydrogen (secondary N) is 1. The Kier molecular flexibility index (Phi) is 6.40. The second-order valence-electron chi connectivity index (χ2n) is 6.90. The number of carboxylic acids is 1. The number of phenolic OH excluding ortho intramolecular Hbond substituents is 1.